The highest BCUT2D eigenvalue weighted by Crippen LogP contribution is 2.22. The van der Waals surface area contributed by atoms with E-state index in [0.29, 0.717) is 16.9 Å². The summed E-state index contributed by atoms with van der Waals surface area (Å²) in [5, 5.41) is 0. The van der Waals surface area contributed by atoms with Gasteiger partial charge in [-0.15, -0.1) is 0 Å². The Morgan fingerprint density at radius 2 is 1.46 bits per heavy atom. The minimum absolute atomic E-state index is 0.0662. The molecule has 0 amide bonds. The third-order valence-corrected chi connectivity index (χ3v) is 4.50. The van der Waals surface area contributed by atoms with Crippen LogP contribution < -0.4 is 4.74 Å². The number of carbonyl (C=O) groups is 2. The maximum atomic E-state index is 12.9. The van der Waals surface area contributed by atoms with Crippen LogP contribution >= 0.6 is 0 Å². The highest BCUT2D eigenvalue weighted by Gasteiger charge is 2.19. The van der Waals surface area contributed by atoms with Crippen molar-refractivity contribution in [3.8, 4) is 5.75 Å². The number of esters is 1. The molecule has 0 saturated heterocycles. The lowest BCUT2D eigenvalue weighted by Crippen LogP contribution is -2.13. The summed E-state index contributed by atoms with van der Waals surface area (Å²) in [7, 11) is 1.57. The molecule has 0 saturated carbocycles. The number of hydrogen-bond donors (Lipinski definition) is 0. The van der Waals surface area contributed by atoms with Gasteiger partial charge in [0.25, 0.3) is 0 Å². The number of ether oxygens (including phenoxy) is 2. The lowest BCUT2D eigenvalue weighted by molar-refractivity contribution is 0.0467. The van der Waals surface area contributed by atoms with Gasteiger partial charge in [0.2, 0.25) is 0 Å². The van der Waals surface area contributed by atoms with E-state index in [1.165, 1.54) is 0 Å². The third kappa shape index (κ3) is 4.29. The van der Waals surface area contributed by atoms with E-state index in [1.54, 1.807) is 43.5 Å². The Bertz CT molecular complexity index is 1000. The number of hydrogen-bond acceptors (Lipinski definition) is 4. The van der Waals surface area contributed by atoms with Crippen molar-refractivity contribution in [2.24, 2.45) is 0 Å². The van der Waals surface area contributed by atoms with E-state index in [4.69, 9.17) is 9.47 Å². The van der Waals surface area contributed by atoms with E-state index < -0.39 is 5.97 Å². The van der Waals surface area contributed by atoms with Crippen LogP contribution in [0.2, 0.25) is 0 Å². The minimum atomic E-state index is -0.542. The van der Waals surface area contributed by atoms with Crippen molar-refractivity contribution < 1.29 is 19.1 Å². The zero-order valence-corrected chi connectivity index (χ0v) is 16.2. The highest BCUT2D eigenvalue weighted by atomic mass is 16.5. The first-order valence-corrected chi connectivity index (χ1v) is 9.00. The Balaban J connectivity index is 1.82. The number of methoxy groups -OCH3 is 1. The summed E-state index contributed by atoms with van der Waals surface area (Å²) in [6.07, 6.45) is 0. The fourth-order valence-corrected chi connectivity index (χ4v) is 2.96. The first-order valence-electron chi connectivity index (χ1n) is 9.00. The molecule has 0 aliphatic rings. The Morgan fingerprint density at radius 1 is 0.821 bits per heavy atom. The van der Waals surface area contributed by atoms with E-state index in [1.807, 2.05) is 44.2 Å². The van der Waals surface area contributed by atoms with Gasteiger partial charge in [0.05, 0.1) is 12.7 Å². The van der Waals surface area contributed by atoms with Crippen LogP contribution in [0.4, 0.5) is 0 Å². The maximum absolute atomic E-state index is 12.9. The van der Waals surface area contributed by atoms with Crippen LogP contribution in [-0.2, 0) is 11.3 Å². The summed E-state index contributed by atoms with van der Waals surface area (Å²) in [5.74, 6) is -0.0947. The predicted octanol–water partition coefficient (Wildman–Crippen LogP) is 4.90. The van der Waals surface area contributed by atoms with Crippen LogP contribution in [0, 0.1) is 13.8 Å². The number of ketones is 1. The topological polar surface area (TPSA) is 52.6 Å². The number of aryl methyl sites for hydroxylation is 2. The van der Waals surface area contributed by atoms with E-state index in [0.717, 1.165) is 16.7 Å². The fraction of sp³-hybridized carbons (Fsp3) is 0.167. The van der Waals surface area contributed by atoms with Crippen molar-refractivity contribution in [2.75, 3.05) is 7.11 Å². The Morgan fingerprint density at radius 3 is 2.14 bits per heavy atom. The van der Waals surface area contributed by atoms with Crippen molar-refractivity contribution in [3.63, 3.8) is 0 Å². The van der Waals surface area contributed by atoms with E-state index in [-0.39, 0.29) is 18.0 Å². The fourth-order valence-electron chi connectivity index (χ4n) is 2.96. The molecule has 0 bridgehead atoms. The Hall–Kier alpha value is -3.40. The molecular weight excluding hydrogens is 352 g/mol. The van der Waals surface area contributed by atoms with Gasteiger partial charge in [-0.3, -0.25) is 4.79 Å². The lowest BCUT2D eigenvalue weighted by atomic mass is 9.98. The van der Waals surface area contributed by atoms with Gasteiger partial charge in [-0.2, -0.15) is 0 Å². The van der Waals surface area contributed by atoms with Gasteiger partial charge < -0.3 is 9.47 Å². The molecule has 0 aliphatic heterocycles. The monoisotopic (exact) mass is 374 g/mol. The van der Waals surface area contributed by atoms with E-state index >= 15 is 0 Å². The number of rotatable bonds is 6. The summed E-state index contributed by atoms with van der Waals surface area (Å²) in [5.41, 5.74) is 4.00. The van der Waals surface area contributed by atoms with Crippen molar-refractivity contribution in [2.45, 2.75) is 20.5 Å². The molecule has 0 heterocycles. The van der Waals surface area contributed by atoms with Crippen LogP contribution in [-0.4, -0.2) is 18.9 Å². The second-order valence-corrected chi connectivity index (χ2v) is 6.63. The Kier molecular flexibility index (Phi) is 5.90. The van der Waals surface area contributed by atoms with Gasteiger partial charge in [-0.25, -0.2) is 4.79 Å². The zero-order valence-electron chi connectivity index (χ0n) is 16.2. The molecule has 0 spiro atoms. The molecule has 4 nitrogen and oxygen atoms in total. The average Bonchev–Trinajstić information content (AvgIpc) is 2.72. The smallest absolute Gasteiger partial charge is 0.339 e. The van der Waals surface area contributed by atoms with Gasteiger partial charge in [0, 0.05) is 16.7 Å². The normalized spacial score (nSPS) is 10.4. The van der Waals surface area contributed by atoms with Crippen LogP contribution in [0.1, 0.15) is 43.0 Å². The summed E-state index contributed by atoms with van der Waals surface area (Å²) >= 11 is 0. The second-order valence-electron chi connectivity index (χ2n) is 6.63. The minimum Gasteiger partial charge on any atom is -0.496 e. The second kappa shape index (κ2) is 8.53. The van der Waals surface area contributed by atoms with Crippen molar-refractivity contribution >= 4 is 11.8 Å². The van der Waals surface area contributed by atoms with Gasteiger partial charge >= 0.3 is 5.97 Å². The van der Waals surface area contributed by atoms with Gasteiger partial charge in [0.15, 0.2) is 5.78 Å². The van der Waals surface area contributed by atoms with E-state index in [9.17, 15) is 9.59 Å². The highest BCUT2D eigenvalue weighted by molar-refractivity contribution is 6.14. The van der Waals surface area contributed by atoms with Crippen LogP contribution in [0.25, 0.3) is 0 Å². The van der Waals surface area contributed by atoms with Crippen molar-refractivity contribution in [3.05, 3.63) is 100 Å². The first-order chi connectivity index (χ1) is 13.5. The third-order valence-electron chi connectivity index (χ3n) is 4.50. The molecule has 142 valence electrons. The Labute approximate surface area is 164 Å². The van der Waals surface area contributed by atoms with Gasteiger partial charge in [-0.05, 0) is 32.0 Å². The SMILES string of the molecule is COc1ccc(C)cc1COC(=O)c1ccccc1C(=O)c1ccc(C)cc1. The van der Waals surface area contributed by atoms with Crippen LogP contribution in [0.15, 0.2) is 66.7 Å². The van der Waals surface area contributed by atoms with Gasteiger partial charge in [-0.1, -0.05) is 59.7 Å². The molecule has 3 rings (SSSR count). The quantitative estimate of drug-likeness (QED) is 0.455. The summed E-state index contributed by atoms with van der Waals surface area (Å²) in [6, 6.07) is 19.7. The molecule has 0 unspecified atom stereocenters. The molecule has 28 heavy (non-hydrogen) atoms. The van der Waals surface area contributed by atoms with Gasteiger partial charge in [0.1, 0.15) is 12.4 Å². The molecule has 0 N–H and O–H groups in total. The van der Waals surface area contributed by atoms with Crippen LogP contribution in [0.3, 0.4) is 0 Å². The molecule has 0 fully saturated rings. The molecule has 0 aliphatic carbocycles. The summed E-state index contributed by atoms with van der Waals surface area (Å²) < 4.78 is 10.8. The molecule has 0 radical (unpaired) electrons. The summed E-state index contributed by atoms with van der Waals surface area (Å²) in [6.45, 7) is 3.98. The summed E-state index contributed by atoms with van der Waals surface area (Å²) in [4.78, 5) is 25.6. The molecule has 4 heteroatoms. The van der Waals surface area contributed by atoms with Crippen molar-refractivity contribution in [1.29, 1.82) is 0 Å². The van der Waals surface area contributed by atoms with E-state index in [2.05, 4.69) is 0 Å². The lowest BCUT2D eigenvalue weighted by Gasteiger charge is -2.12. The first kappa shape index (κ1) is 19.4. The van der Waals surface area contributed by atoms with Crippen molar-refractivity contribution in [1.82, 2.24) is 0 Å². The average molecular weight is 374 g/mol. The zero-order chi connectivity index (χ0) is 20.1. The van der Waals surface area contributed by atoms with Crippen LogP contribution in [0.5, 0.6) is 5.75 Å². The molecular formula is C24H22O4. The maximum Gasteiger partial charge on any atom is 0.339 e. The largest absolute Gasteiger partial charge is 0.496 e. The predicted molar refractivity (Wildman–Crippen MR) is 108 cm³/mol. The molecule has 0 aromatic heterocycles. The molecule has 3 aromatic rings. The molecule has 0 atom stereocenters. The standard InChI is InChI=1S/C24H22O4/c1-16-8-11-18(12-9-16)23(25)20-6-4-5-7-21(20)24(26)28-15-19-14-17(2)10-13-22(19)27-3/h4-14H,15H2,1-3H3. The number of carbonyl (C=O) groups excluding carboxylic acids is 2. The molecule has 3 aromatic carbocycles. The number of benzene rings is 3.